The smallest absolute Gasteiger partial charge is 0.0664 e. The molecule has 0 aromatic heterocycles. The van der Waals surface area contributed by atoms with Gasteiger partial charge < -0.3 is 4.74 Å². The Morgan fingerprint density at radius 1 is 1.64 bits per heavy atom. The fourth-order valence-electron chi connectivity index (χ4n) is 0.752. The first-order valence-corrected chi connectivity index (χ1v) is 5.00. The SMILES string of the molecule is CCOCCCC(C#N)CBr. The van der Waals surface area contributed by atoms with Crippen LogP contribution in [-0.2, 0) is 4.74 Å². The topological polar surface area (TPSA) is 33.0 Å². The first kappa shape index (κ1) is 10.9. The first-order valence-electron chi connectivity index (χ1n) is 3.88. The quantitative estimate of drug-likeness (QED) is 0.508. The third-order valence-electron chi connectivity index (χ3n) is 1.41. The number of alkyl halides is 1. The fraction of sp³-hybridized carbons (Fsp3) is 0.875. The summed E-state index contributed by atoms with van der Waals surface area (Å²) in [6, 6.07) is 2.23. The average Bonchev–Trinajstić information content (AvgIpc) is 2.05. The van der Waals surface area contributed by atoms with Crippen molar-refractivity contribution in [3.63, 3.8) is 0 Å². The summed E-state index contributed by atoms with van der Waals surface area (Å²) in [5.74, 6) is 0.149. The molecule has 3 heteroatoms. The molecule has 1 atom stereocenters. The number of nitrogens with zero attached hydrogens (tertiary/aromatic N) is 1. The maximum atomic E-state index is 8.56. The minimum Gasteiger partial charge on any atom is -0.382 e. The average molecular weight is 220 g/mol. The predicted octanol–water partition coefficient (Wildman–Crippen LogP) is 2.34. The van der Waals surface area contributed by atoms with Gasteiger partial charge in [0.25, 0.3) is 0 Å². The zero-order valence-corrected chi connectivity index (χ0v) is 8.43. The molecule has 0 saturated carbocycles. The molecule has 0 aromatic rings. The minimum atomic E-state index is 0.149. The molecule has 0 radical (unpaired) electrons. The normalized spacial score (nSPS) is 12.5. The number of halogens is 1. The number of rotatable bonds is 6. The van der Waals surface area contributed by atoms with Crippen molar-refractivity contribution in [2.45, 2.75) is 19.8 Å². The van der Waals surface area contributed by atoms with Gasteiger partial charge in [0.05, 0.1) is 12.0 Å². The monoisotopic (exact) mass is 219 g/mol. The molecule has 0 saturated heterocycles. The molecule has 0 spiro atoms. The third-order valence-corrected chi connectivity index (χ3v) is 2.20. The van der Waals surface area contributed by atoms with Crippen molar-refractivity contribution in [1.29, 1.82) is 5.26 Å². The van der Waals surface area contributed by atoms with Crippen molar-refractivity contribution >= 4 is 15.9 Å². The Morgan fingerprint density at radius 3 is 2.82 bits per heavy atom. The van der Waals surface area contributed by atoms with Crippen molar-refractivity contribution in [2.75, 3.05) is 18.5 Å². The molecular weight excluding hydrogens is 206 g/mol. The van der Waals surface area contributed by atoms with Gasteiger partial charge in [0.15, 0.2) is 0 Å². The lowest BCUT2D eigenvalue weighted by atomic mass is 10.1. The van der Waals surface area contributed by atoms with Crippen LogP contribution in [0.2, 0.25) is 0 Å². The van der Waals surface area contributed by atoms with E-state index in [2.05, 4.69) is 22.0 Å². The summed E-state index contributed by atoms with van der Waals surface area (Å²) < 4.78 is 5.15. The van der Waals surface area contributed by atoms with E-state index < -0.39 is 0 Å². The van der Waals surface area contributed by atoms with E-state index in [0.29, 0.717) is 0 Å². The van der Waals surface area contributed by atoms with Crippen LogP contribution in [0.25, 0.3) is 0 Å². The number of hydrogen-bond donors (Lipinski definition) is 0. The summed E-state index contributed by atoms with van der Waals surface area (Å²) in [5.41, 5.74) is 0. The molecule has 0 heterocycles. The van der Waals surface area contributed by atoms with Crippen LogP contribution in [0.4, 0.5) is 0 Å². The second-order valence-electron chi connectivity index (χ2n) is 2.32. The molecule has 0 amide bonds. The van der Waals surface area contributed by atoms with Crippen LogP contribution in [0.3, 0.4) is 0 Å². The van der Waals surface area contributed by atoms with E-state index in [1.54, 1.807) is 0 Å². The van der Waals surface area contributed by atoms with Gasteiger partial charge in [0.2, 0.25) is 0 Å². The zero-order valence-electron chi connectivity index (χ0n) is 6.85. The highest BCUT2D eigenvalue weighted by molar-refractivity contribution is 9.09. The number of ether oxygens (including phenoxy) is 1. The van der Waals surface area contributed by atoms with Crippen LogP contribution in [0, 0.1) is 17.2 Å². The molecule has 11 heavy (non-hydrogen) atoms. The summed E-state index contributed by atoms with van der Waals surface area (Å²) in [5, 5.41) is 9.34. The van der Waals surface area contributed by atoms with Crippen LogP contribution in [-0.4, -0.2) is 18.5 Å². The summed E-state index contributed by atoms with van der Waals surface area (Å²) in [4.78, 5) is 0. The molecule has 0 aliphatic rings. The highest BCUT2D eigenvalue weighted by Crippen LogP contribution is 2.07. The van der Waals surface area contributed by atoms with Gasteiger partial charge in [-0.2, -0.15) is 5.26 Å². The van der Waals surface area contributed by atoms with E-state index in [-0.39, 0.29) is 5.92 Å². The standard InChI is InChI=1S/C8H14BrNO/c1-2-11-5-3-4-8(6-9)7-10/h8H,2-6H2,1H3. The van der Waals surface area contributed by atoms with E-state index in [1.165, 1.54) is 0 Å². The fourth-order valence-corrected chi connectivity index (χ4v) is 1.22. The number of hydrogen-bond acceptors (Lipinski definition) is 2. The Bertz CT molecular complexity index is 122. The van der Waals surface area contributed by atoms with Gasteiger partial charge in [-0.3, -0.25) is 0 Å². The molecule has 0 aliphatic heterocycles. The molecular formula is C8H14BrNO. The molecule has 0 aromatic carbocycles. The highest BCUT2D eigenvalue weighted by atomic mass is 79.9. The largest absolute Gasteiger partial charge is 0.382 e. The predicted molar refractivity (Wildman–Crippen MR) is 48.6 cm³/mol. The van der Waals surface area contributed by atoms with Crippen molar-refractivity contribution in [3.05, 3.63) is 0 Å². The first-order chi connectivity index (χ1) is 5.35. The van der Waals surface area contributed by atoms with Gasteiger partial charge in [-0.05, 0) is 19.8 Å². The Balaban J connectivity index is 3.16. The van der Waals surface area contributed by atoms with Gasteiger partial charge in [0.1, 0.15) is 0 Å². The Labute approximate surface area is 76.7 Å². The maximum Gasteiger partial charge on any atom is 0.0664 e. The molecule has 0 N–H and O–H groups in total. The molecule has 0 fully saturated rings. The van der Waals surface area contributed by atoms with Gasteiger partial charge >= 0.3 is 0 Å². The molecule has 2 nitrogen and oxygen atoms in total. The minimum absolute atomic E-state index is 0.149. The third kappa shape index (κ3) is 6.33. The van der Waals surface area contributed by atoms with Crippen LogP contribution >= 0.6 is 15.9 Å². The van der Waals surface area contributed by atoms with E-state index in [9.17, 15) is 0 Å². The lowest BCUT2D eigenvalue weighted by Gasteiger charge is -2.03. The summed E-state index contributed by atoms with van der Waals surface area (Å²) in [6.07, 6.45) is 1.92. The Hall–Kier alpha value is -0.0700. The van der Waals surface area contributed by atoms with E-state index in [1.807, 2.05) is 6.92 Å². The van der Waals surface area contributed by atoms with Crippen LogP contribution in [0.1, 0.15) is 19.8 Å². The molecule has 1 unspecified atom stereocenters. The van der Waals surface area contributed by atoms with Crippen molar-refractivity contribution in [3.8, 4) is 6.07 Å². The van der Waals surface area contributed by atoms with Gasteiger partial charge in [-0.15, -0.1) is 0 Å². The van der Waals surface area contributed by atoms with Crippen LogP contribution < -0.4 is 0 Å². The van der Waals surface area contributed by atoms with Crippen molar-refractivity contribution in [2.24, 2.45) is 5.92 Å². The second kappa shape index (κ2) is 8.03. The van der Waals surface area contributed by atoms with Gasteiger partial charge in [0, 0.05) is 18.5 Å². The summed E-state index contributed by atoms with van der Waals surface area (Å²) in [7, 11) is 0. The van der Waals surface area contributed by atoms with Crippen molar-refractivity contribution < 1.29 is 4.74 Å². The Kier molecular flexibility index (Phi) is 7.98. The van der Waals surface area contributed by atoms with Crippen LogP contribution in [0.5, 0.6) is 0 Å². The molecule has 0 aliphatic carbocycles. The molecule has 0 bridgehead atoms. The number of nitriles is 1. The van der Waals surface area contributed by atoms with Crippen molar-refractivity contribution in [1.82, 2.24) is 0 Å². The zero-order chi connectivity index (χ0) is 8.53. The molecule has 0 rings (SSSR count). The maximum absolute atomic E-state index is 8.56. The van der Waals surface area contributed by atoms with Gasteiger partial charge in [-0.1, -0.05) is 15.9 Å². The van der Waals surface area contributed by atoms with Gasteiger partial charge in [-0.25, -0.2) is 0 Å². The van der Waals surface area contributed by atoms with E-state index >= 15 is 0 Å². The second-order valence-corrected chi connectivity index (χ2v) is 2.97. The molecule has 64 valence electrons. The Morgan fingerprint density at radius 2 is 2.36 bits per heavy atom. The lowest BCUT2D eigenvalue weighted by Crippen LogP contribution is -2.01. The van der Waals surface area contributed by atoms with E-state index in [0.717, 1.165) is 31.4 Å². The summed E-state index contributed by atoms with van der Waals surface area (Å²) >= 11 is 3.28. The lowest BCUT2D eigenvalue weighted by molar-refractivity contribution is 0.142. The highest BCUT2D eigenvalue weighted by Gasteiger charge is 2.03. The van der Waals surface area contributed by atoms with Crippen LogP contribution in [0.15, 0.2) is 0 Å². The van der Waals surface area contributed by atoms with E-state index in [4.69, 9.17) is 10.00 Å². The summed E-state index contributed by atoms with van der Waals surface area (Å²) in [6.45, 7) is 3.53.